The first kappa shape index (κ1) is 22.7. The monoisotopic (exact) mass is 488 g/mol. The summed E-state index contributed by atoms with van der Waals surface area (Å²) in [7, 11) is 0. The average Bonchev–Trinajstić information content (AvgIpc) is 3.21. The summed E-state index contributed by atoms with van der Waals surface area (Å²) in [5, 5.41) is 9.72. The Morgan fingerprint density at radius 3 is 2.57 bits per heavy atom. The zero-order chi connectivity index (χ0) is 24.4. The van der Waals surface area contributed by atoms with Gasteiger partial charge in [-0.2, -0.15) is 4.98 Å². The first-order valence-corrected chi connectivity index (χ1v) is 12.0. The minimum Gasteiger partial charge on any atom is -0.346 e. The summed E-state index contributed by atoms with van der Waals surface area (Å²) in [5.74, 6) is 0.109. The fourth-order valence-electron chi connectivity index (χ4n) is 3.80. The summed E-state index contributed by atoms with van der Waals surface area (Å²) in [6.07, 6.45) is 1.73. The second kappa shape index (κ2) is 9.63. The van der Waals surface area contributed by atoms with E-state index in [4.69, 9.17) is 0 Å². The second-order valence-corrected chi connectivity index (χ2v) is 9.48. The fraction of sp³-hybridized carbons (Fsp3) is 0.250. The van der Waals surface area contributed by atoms with Gasteiger partial charge in [-0.25, -0.2) is 14.8 Å². The third kappa shape index (κ3) is 5.04. The Labute approximate surface area is 205 Å². The van der Waals surface area contributed by atoms with Crippen LogP contribution in [0, 0.1) is 6.92 Å². The number of nitrogens with one attached hydrogen (secondary N) is 3. The molecule has 0 aliphatic carbocycles. The van der Waals surface area contributed by atoms with Crippen LogP contribution in [-0.4, -0.2) is 55.9 Å². The number of benzene rings is 1. The topological polar surface area (TPSA) is 125 Å². The van der Waals surface area contributed by atoms with Crippen LogP contribution in [0.4, 0.5) is 16.4 Å². The van der Waals surface area contributed by atoms with Crippen molar-refractivity contribution in [1.29, 1.82) is 0 Å². The van der Waals surface area contributed by atoms with E-state index in [1.807, 2.05) is 62.4 Å². The lowest BCUT2D eigenvalue weighted by molar-refractivity contribution is 0.0576. The maximum Gasteiger partial charge on any atom is 0.319 e. The fourth-order valence-corrected chi connectivity index (χ4v) is 4.64. The van der Waals surface area contributed by atoms with Gasteiger partial charge in [-0.1, -0.05) is 24.3 Å². The Morgan fingerprint density at radius 2 is 1.83 bits per heavy atom. The van der Waals surface area contributed by atoms with Crippen LogP contribution < -0.4 is 16.0 Å². The molecular formula is C24H24N8O2S. The highest BCUT2D eigenvalue weighted by Gasteiger charge is 2.34. The van der Waals surface area contributed by atoms with Crippen LogP contribution in [0.25, 0.3) is 10.3 Å². The van der Waals surface area contributed by atoms with Gasteiger partial charge in [-0.05, 0) is 38.1 Å². The number of amides is 3. The van der Waals surface area contributed by atoms with Crippen molar-refractivity contribution < 1.29 is 9.59 Å². The standard InChI is InChI=1S/C24H24N8O2S/c1-14(18-10-6-7-11-25-18)26-23-30-19(20-21(31-23)27-15(2)35-20)22(33)32-12-17(13-32)29-24(34)28-16-8-4-3-5-9-16/h3-11,14,17H,12-13H2,1-2H3,(H,26,30,31)(H2,28,29,34)/t14-/m0/s1. The molecule has 178 valence electrons. The lowest BCUT2D eigenvalue weighted by atomic mass is 10.1. The van der Waals surface area contributed by atoms with Gasteiger partial charge in [0.15, 0.2) is 11.3 Å². The highest BCUT2D eigenvalue weighted by atomic mass is 32.1. The molecule has 1 aliphatic rings. The molecule has 0 bridgehead atoms. The lowest BCUT2D eigenvalue weighted by Crippen LogP contribution is -2.61. The molecule has 3 N–H and O–H groups in total. The molecule has 0 spiro atoms. The van der Waals surface area contributed by atoms with Gasteiger partial charge in [0.25, 0.3) is 5.91 Å². The summed E-state index contributed by atoms with van der Waals surface area (Å²) in [5.41, 5.74) is 2.34. The number of thiazole rings is 1. The van der Waals surface area contributed by atoms with Gasteiger partial charge in [0.2, 0.25) is 5.95 Å². The Kier molecular flexibility index (Phi) is 6.23. The number of anilines is 2. The zero-order valence-corrected chi connectivity index (χ0v) is 20.0. The van der Waals surface area contributed by atoms with E-state index in [1.54, 1.807) is 11.1 Å². The number of fused-ring (bicyclic) bond motifs is 1. The second-order valence-electron chi connectivity index (χ2n) is 8.27. The Morgan fingerprint density at radius 1 is 1.06 bits per heavy atom. The molecule has 3 aromatic heterocycles. The van der Waals surface area contributed by atoms with E-state index < -0.39 is 0 Å². The van der Waals surface area contributed by atoms with Crippen molar-refractivity contribution >= 4 is 45.3 Å². The van der Waals surface area contributed by atoms with Crippen molar-refractivity contribution in [3.05, 3.63) is 71.1 Å². The van der Waals surface area contributed by atoms with E-state index in [9.17, 15) is 9.59 Å². The van der Waals surface area contributed by atoms with Gasteiger partial charge >= 0.3 is 6.03 Å². The van der Waals surface area contributed by atoms with Crippen molar-refractivity contribution in [2.24, 2.45) is 0 Å². The number of carbonyl (C=O) groups excluding carboxylic acids is 2. The number of pyridine rings is 1. The predicted octanol–water partition coefficient (Wildman–Crippen LogP) is 3.61. The van der Waals surface area contributed by atoms with Crippen LogP contribution in [0.3, 0.4) is 0 Å². The number of rotatable bonds is 6. The number of urea groups is 1. The van der Waals surface area contributed by atoms with Gasteiger partial charge in [0.05, 0.1) is 22.8 Å². The van der Waals surface area contributed by atoms with Crippen LogP contribution in [0.1, 0.15) is 34.2 Å². The number of likely N-dealkylation sites (tertiary alicyclic amines) is 1. The lowest BCUT2D eigenvalue weighted by Gasteiger charge is -2.39. The maximum absolute atomic E-state index is 13.3. The molecule has 10 nitrogen and oxygen atoms in total. The van der Waals surface area contributed by atoms with Crippen LogP contribution in [0.5, 0.6) is 0 Å². The van der Waals surface area contributed by atoms with Crippen molar-refractivity contribution in [2.75, 3.05) is 23.7 Å². The third-order valence-electron chi connectivity index (χ3n) is 5.58. The molecule has 5 rings (SSSR count). The number of hydrogen-bond donors (Lipinski definition) is 3. The minimum absolute atomic E-state index is 0.134. The van der Waals surface area contributed by atoms with E-state index >= 15 is 0 Å². The van der Waals surface area contributed by atoms with Crippen molar-refractivity contribution in [2.45, 2.75) is 25.9 Å². The normalized spacial score (nSPS) is 14.3. The molecule has 0 radical (unpaired) electrons. The number of aryl methyl sites for hydroxylation is 1. The van der Waals surface area contributed by atoms with Crippen molar-refractivity contribution in [3.63, 3.8) is 0 Å². The molecule has 1 saturated heterocycles. The highest BCUT2D eigenvalue weighted by molar-refractivity contribution is 7.18. The van der Waals surface area contributed by atoms with Gasteiger partial charge in [-0.3, -0.25) is 9.78 Å². The molecule has 1 atom stereocenters. The van der Waals surface area contributed by atoms with E-state index in [1.165, 1.54) is 11.3 Å². The van der Waals surface area contributed by atoms with E-state index in [0.29, 0.717) is 40.8 Å². The molecule has 4 heterocycles. The summed E-state index contributed by atoms with van der Waals surface area (Å²) >= 11 is 1.39. The van der Waals surface area contributed by atoms with Gasteiger partial charge in [0.1, 0.15) is 4.70 Å². The highest BCUT2D eigenvalue weighted by Crippen LogP contribution is 2.27. The summed E-state index contributed by atoms with van der Waals surface area (Å²) < 4.78 is 0.654. The molecular weight excluding hydrogens is 464 g/mol. The SMILES string of the molecule is Cc1nc2nc(N[C@@H](C)c3ccccn3)nc(C(=O)N3CC(NC(=O)Nc4ccccc4)C3)c2s1. The summed E-state index contributed by atoms with van der Waals surface area (Å²) in [6, 6.07) is 14.3. The molecule has 0 unspecified atom stereocenters. The van der Waals surface area contributed by atoms with Gasteiger partial charge in [-0.15, -0.1) is 11.3 Å². The van der Waals surface area contributed by atoms with Gasteiger partial charge in [0, 0.05) is 25.0 Å². The number of hydrogen-bond acceptors (Lipinski definition) is 8. The molecule has 4 aromatic rings. The predicted molar refractivity (Wildman–Crippen MR) is 135 cm³/mol. The Hall–Kier alpha value is -4.12. The smallest absolute Gasteiger partial charge is 0.319 e. The Bertz CT molecular complexity index is 1360. The first-order valence-electron chi connectivity index (χ1n) is 11.2. The first-order chi connectivity index (χ1) is 17.0. The molecule has 1 aromatic carbocycles. The van der Waals surface area contributed by atoms with Crippen molar-refractivity contribution in [3.8, 4) is 0 Å². The van der Waals surface area contributed by atoms with Gasteiger partial charge < -0.3 is 20.9 Å². The maximum atomic E-state index is 13.3. The number of nitrogens with zero attached hydrogens (tertiary/aromatic N) is 5. The zero-order valence-electron chi connectivity index (χ0n) is 19.2. The molecule has 1 aliphatic heterocycles. The number of para-hydroxylation sites is 1. The summed E-state index contributed by atoms with van der Waals surface area (Å²) in [4.78, 5) is 45.1. The molecule has 3 amide bonds. The van der Waals surface area contributed by atoms with E-state index in [2.05, 4.69) is 35.9 Å². The largest absolute Gasteiger partial charge is 0.346 e. The van der Waals surface area contributed by atoms with Crippen LogP contribution in [-0.2, 0) is 0 Å². The van der Waals surface area contributed by atoms with Crippen LogP contribution in [0.2, 0.25) is 0 Å². The van der Waals surface area contributed by atoms with Crippen LogP contribution in [0.15, 0.2) is 54.7 Å². The quantitative estimate of drug-likeness (QED) is 0.379. The minimum atomic E-state index is -0.300. The number of aromatic nitrogens is 4. The third-order valence-corrected chi connectivity index (χ3v) is 6.54. The molecule has 1 fully saturated rings. The van der Waals surface area contributed by atoms with E-state index in [0.717, 1.165) is 10.7 Å². The van der Waals surface area contributed by atoms with Crippen molar-refractivity contribution in [1.82, 2.24) is 30.2 Å². The molecule has 0 saturated carbocycles. The summed E-state index contributed by atoms with van der Waals surface area (Å²) in [6.45, 7) is 4.63. The van der Waals surface area contributed by atoms with E-state index in [-0.39, 0.29) is 24.0 Å². The average molecular weight is 489 g/mol. The number of carbonyl (C=O) groups is 2. The molecule has 11 heteroatoms. The molecule has 35 heavy (non-hydrogen) atoms. The Balaban J connectivity index is 1.27. The van der Waals surface area contributed by atoms with Crippen LogP contribution >= 0.6 is 11.3 Å².